The second-order valence-corrected chi connectivity index (χ2v) is 10.3. The van der Waals surface area contributed by atoms with Crippen molar-refractivity contribution in [3.63, 3.8) is 0 Å². The normalized spacial score (nSPS) is 18.7. The summed E-state index contributed by atoms with van der Waals surface area (Å²) in [5.41, 5.74) is 3.26. The van der Waals surface area contributed by atoms with Gasteiger partial charge >= 0.3 is 0 Å². The van der Waals surface area contributed by atoms with Gasteiger partial charge in [0.2, 0.25) is 5.91 Å². The predicted molar refractivity (Wildman–Crippen MR) is 119 cm³/mol. The van der Waals surface area contributed by atoms with Crippen LogP contribution in [0.2, 0.25) is 0 Å². The molecule has 0 bridgehead atoms. The third-order valence-electron chi connectivity index (χ3n) is 6.54. The van der Waals surface area contributed by atoms with Crippen molar-refractivity contribution >= 4 is 27.5 Å². The Hall–Kier alpha value is -2.68. The monoisotopic (exact) mass is 443 g/mol. The van der Waals surface area contributed by atoms with Crippen LogP contribution >= 0.6 is 0 Å². The molecule has 4 rings (SSSR count). The molecule has 2 N–H and O–H groups in total. The molecule has 1 aliphatic heterocycles. The first-order valence-corrected chi connectivity index (χ1v) is 12.1. The second kappa shape index (κ2) is 8.11. The Labute approximate surface area is 183 Å². The number of anilines is 1. The fourth-order valence-corrected chi connectivity index (χ4v) is 5.95. The van der Waals surface area contributed by atoms with Crippen molar-refractivity contribution in [2.75, 3.05) is 5.32 Å². The third kappa shape index (κ3) is 4.37. The number of hydrogen-bond donors (Lipinski definition) is 2. The number of aryl methyl sites for hydroxylation is 2. The zero-order valence-corrected chi connectivity index (χ0v) is 19.1. The molecule has 2 aromatic rings. The summed E-state index contributed by atoms with van der Waals surface area (Å²) in [6.45, 7) is 4.38. The Kier molecular flexibility index (Phi) is 5.63. The molecule has 1 saturated carbocycles. The molecule has 1 amide bonds. The lowest BCUT2D eigenvalue weighted by atomic mass is 9.78. The molecule has 2 heterocycles. The number of fused-ring (bicyclic) bond motifs is 1. The fourth-order valence-electron chi connectivity index (χ4n) is 4.80. The van der Waals surface area contributed by atoms with Gasteiger partial charge < -0.3 is 10.6 Å². The smallest absolute Gasteiger partial charge is 0.286 e. The number of carbonyl (C=O) groups excluding carboxylic acids is 1. The van der Waals surface area contributed by atoms with Gasteiger partial charge in [-0.05, 0) is 44.2 Å². The standard InChI is InChI=1S/C22H29N5O3S/c1-15-17(16(2)27(3)25-15)14-23-21(28)13-22(10-6-7-11-22)12-20-24-18-8-4-5-9-19(18)31(29,30)26-20/h4-5,8-9H,6-7,10-14H2,1-3H3,(H,23,28)(H,24,26). The summed E-state index contributed by atoms with van der Waals surface area (Å²) in [4.78, 5) is 13.1. The minimum Gasteiger partial charge on any atom is -0.352 e. The lowest BCUT2D eigenvalue weighted by Gasteiger charge is -2.30. The molecule has 0 unspecified atom stereocenters. The van der Waals surface area contributed by atoms with Gasteiger partial charge in [0.1, 0.15) is 10.7 Å². The van der Waals surface area contributed by atoms with Crippen LogP contribution in [0.25, 0.3) is 0 Å². The number of nitrogens with zero attached hydrogens (tertiary/aromatic N) is 3. The molecule has 8 nitrogen and oxygen atoms in total. The van der Waals surface area contributed by atoms with Gasteiger partial charge in [-0.25, -0.2) is 0 Å². The largest absolute Gasteiger partial charge is 0.352 e. The molecule has 0 radical (unpaired) electrons. The van der Waals surface area contributed by atoms with E-state index in [0.717, 1.165) is 42.6 Å². The second-order valence-electron chi connectivity index (χ2n) is 8.74. The van der Waals surface area contributed by atoms with E-state index in [2.05, 4.69) is 20.1 Å². The number of nitrogens with one attached hydrogen (secondary N) is 2. The van der Waals surface area contributed by atoms with Crippen LogP contribution in [0, 0.1) is 19.3 Å². The highest BCUT2D eigenvalue weighted by molar-refractivity contribution is 7.90. The van der Waals surface area contributed by atoms with E-state index < -0.39 is 10.0 Å². The minimum absolute atomic E-state index is 0.0239. The maximum absolute atomic E-state index is 12.9. The van der Waals surface area contributed by atoms with Gasteiger partial charge in [-0.3, -0.25) is 9.48 Å². The average molecular weight is 444 g/mol. The van der Waals surface area contributed by atoms with Gasteiger partial charge in [-0.15, -0.1) is 4.40 Å². The van der Waals surface area contributed by atoms with Crippen LogP contribution in [0.1, 0.15) is 55.5 Å². The Morgan fingerprint density at radius 1 is 1.23 bits per heavy atom. The van der Waals surface area contributed by atoms with Gasteiger partial charge in [0.25, 0.3) is 10.0 Å². The SMILES string of the molecule is Cc1nn(C)c(C)c1CNC(=O)CC1(CC2=NS(=O)(=O)c3ccccc3N2)CCCC1. The fraction of sp³-hybridized carbons (Fsp3) is 0.500. The van der Waals surface area contributed by atoms with E-state index in [-0.39, 0.29) is 16.2 Å². The molecular formula is C22H29N5O3S. The van der Waals surface area contributed by atoms with E-state index in [9.17, 15) is 13.2 Å². The molecule has 9 heteroatoms. The van der Waals surface area contributed by atoms with Crippen molar-refractivity contribution in [1.82, 2.24) is 15.1 Å². The molecule has 0 saturated heterocycles. The van der Waals surface area contributed by atoms with Crippen LogP contribution in [-0.4, -0.2) is 29.9 Å². The quantitative estimate of drug-likeness (QED) is 0.713. The van der Waals surface area contributed by atoms with E-state index in [0.29, 0.717) is 30.9 Å². The van der Waals surface area contributed by atoms with Crippen molar-refractivity contribution in [2.45, 2.75) is 63.8 Å². The first kappa shape index (κ1) is 21.5. The summed E-state index contributed by atoms with van der Waals surface area (Å²) < 4.78 is 31.0. The van der Waals surface area contributed by atoms with E-state index in [1.807, 2.05) is 25.6 Å². The first-order valence-electron chi connectivity index (χ1n) is 10.6. The molecule has 2 aliphatic rings. The molecule has 0 spiro atoms. The zero-order valence-electron chi connectivity index (χ0n) is 18.2. The van der Waals surface area contributed by atoms with Crippen molar-refractivity contribution in [3.05, 3.63) is 41.2 Å². The number of para-hydroxylation sites is 1. The van der Waals surface area contributed by atoms with E-state index in [1.54, 1.807) is 24.3 Å². The number of sulfonamides is 1. The maximum atomic E-state index is 12.9. The molecule has 1 aromatic heterocycles. The summed E-state index contributed by atoms with van der Waals surface area (Å²) in [6.07, 6.45) is 4.63. The summed E-state index contributed by atoms with van der Waals surface area (Å²) in [7, 11) is -1.83. The molecule has 1 aromatic carbocycles. The zero-order chi connectivity index (χ0) is 22.2. The Bertz CT molecular complexity index is 1140. The van der Waals surface area contributed by atoms with Crippen LogP contribution < -0.4 is 10.6 Å². The summed E-state index contributed by atoms with van der Waals surface area (Å²) >= 11 is 0. The summed E-state index contributed by atoms with van der Waals surface area (Å²) in [5.74, 6) is 0.400. The van der Waals surface area contributed by atoms with E-state index >= 15 is 0 Å². The number of rotatable bonds is 6. The topological polar surface area (TPSA) is 105 Å². The van der Waals surface area contributed by atoms with Crippen molar-refractivity contribution in [1.29, 1.82) is 0 Å². The highest BCUT2D eigenvalue weighted by Crippen LogP contribution is 2.45. The van der Waals surface area contributed by atoms with Crippen molar-refractivity contribution in [3.8, 4) is 0 Å². The predicted octanol–water partition coefficient (Wildman–Crippen LogP) is 3.21. The summed E-state index contributed by atoms with van der Waals surface area (Å²) in [6, 6.07) is 6.78. The molecule has 166 valence electrons. The van der Waals surface area contributed by atoms with Gasteiger partial charge in [0.05, 0.1) is 11.4 Å². The Balaban J connectivity index is 1.47. The van der Waals surface area contributed by atoms with Crippen LogP contribution in [0.4, 0.5) is 5.69 Å². The number of aromatic nitrogens is 2. The molecule has 31 heavy (non-hydrogen) atoms. The highest BCUT2D eigenvalue weighted by atomic mass is 32.2. The lowest BCUT2D eigenvalue weighted by Crippen LogP contribution is -2.34. The number of carbonyl (C=O) groups is 1. The van der Waals surface area contributed by atoms with Gasteiger partial charge in [-0.2, -0.15) is 13.5 Å². The van der Waals surface area contributed by atoms with Gasteiger partial charge in [-0.1, -0.05) is 25.0 Å². The molecule has 1 aliphatic carbocycles. The molecule has 1 fully saturated rings. The van der Waals surface area contributed by atoms with Crippen LogP contribution in [-0.2, 0) is 28.4 Å². The summed E-state index contributed by atoms with van der Waals surface area (Å²) in [5, 5.41) is 10.6. The third-order valence-corrected chi connectivity index (χ3v) is 7.91. The van der Waals surface area contributed by atoms with E-state index in [4.69, 9.17) is 0 Å². The van der Waals surface area contributed by atoms with Gasteiger partial charge in [0.15, 0.2) is 0 Å². The Morgan fingerprint density at radius 2 is 1.94 bits per heavy atom. The Morgan fingerprint density at radius 3 is 2.61 bits per heavy atom. The maximum Gasteiger partial charge on any atom is 0.286 e. The van der Waals surface area contributed by atoms with E-state index in [1.165, 1.54) is 0 Å². The van der Waals surface area contributed by atoms with Crippen LogP contribution in [0.15, 0.2) is 33.6 Å². The van der Waals surface area contributed by atoms with Crippen LogP contribution in [0.5, 0.6) is 0 Å². The minimum atomic E-state index is -3.73. The van der Waals surface area contributed by atoms with Gasteiger partial charge in [0, 0.05) is 37.7 Å². The highest BCUT2D eigenvalue weighted by Gasteiger charge is 2.39. The molecular weight excluding hydrogens is 414 g/mol. The first-order chi connectivity index (χ1) is 14.7. The number of hydrogen-bond acceptors (Lipinski definition) is 5. The van der Waals surface area contributed by atoms with Crippen molar-refractivity contribution < 1.29 is 13.2 Å². The van der Waals surface area contributed by atoms with Crippen LogP contribution in [0.3, 0.4) is 0 Å². The lowest BCUT2D eigenvalue weighted by molar-refractivity contribution is -0.123. The number of amidine groups is 1. The average Bonchev–Trinajstić information content (AvgIpc) is 3.24. The molecule has 0 atom stereocenters. The number of amides is 1. The van der Waals surface area contributed by atoms with Crippen molar-refractivity contribution in [2.24, 2.45) is 16.9 Å². The number of benzene rings is 1.